The summed E-state index contributed by atoms with van der Waals surface area (Å²) in [7, 11) is 0.0329. The Morgan fingerprint density at radius 1 is 1.14 bits per heavy atom. The van der Waals surface area contributed by atoms with Crippen molar-refractivity contribution in [3.05, 3.63) is 65.2 Å². The largest absolute Gasteiger partial charge is 0.469 e. The third-order valence-electron chi connectivity index (χ3n) is 3.08. The molecule has 5 heteroatoms. The predicted octanol–water partition coefficient (Wildman–Crippen LogP) is 3.40. The van der Waals surface area contributed by atoms with E-state index < -0.39 is 16.7 Å². The van der Waals surface area contributed by atoms with E-state index in [4.69, 9.17) is 16.3 Å². The quantitative estimate of drug-likeness (QED) is 0.792. The van der Waals surface area contributed by atoms with Crippen molar-refractivity contribution in [1.82, 2.24) is 0 Å². The highest BCUT2D eigenvalue weighted by molar-refractivity contribution is 7.85. The van der Waals surface area contributed by atoms with Crippen LogP contribution in [0.4, 0.5) is 0 Å². The van der Waals surface area contributed by atoms with Gasteiger partial charge in [0.05, 0.1) is 23.8 Å². The number of rotatable bonds is 5. The second kappa shape index (κ2) is 7.38. The van der Waals surface area contributed by atoms with Crippen LogP contribution >= 0.6 is 11.6 Å². The van der Waals surface area contributed by atoms with Crippen molar-refractivity contribution in [3.63, 3.8) is 0 Å². The van der Waals surface area contributed by atoms with Crippen molar-refractivity contribution in [1.29, 1.82) is 0 Å². The van der Waals surface area contributed by atoms with Crippen molar-refractivity contribution in [3.8, 4) is 0 Å². The average molecular weight is 323 g/mol. The predicted molar refractivity (Wildman–Crippen MR) is 83.9 cm³/mol. The van der Waals surface area contributed by atoms with Crippen LogP contribution in [-0.2, 0) is 20.3 Å². The first-order valence-corrected chi connectivity index (χ1v) is 8.08. The highest BCUT2D eigenvalue weighted by Gasteiger charge is 2.24. The van der Waals surface area contributed by atoms with Gasteiger partial charge >= 0.3 is 5.97 Å². The third kappa shape index (κ3) is 4.16. The zero-order chi connectivity index (χ0) is 15.2. The lowest BCUT2D eigenvalue weighted by Gasteiger charge is -2.14. The normalized spacial score (nSPS) is 13.4. The molecule has 110 valence electrons. The summed E-state index contributed by atoms with van der Waals surface area (Å²) in [6, 6.07) is 16.0. The molecule has 0 amide bonds. The summed E-state index contributed by atoms with van der Waals surface area (Å²) in [6.07, 6.45) is 0. The van der Waals surface area contributed by atoms with Crippen molar-refractivity contribution in [2.75, 3.05) is 12.9 Å². The number of halogens is 1. The molecule has 2 rings (SSSR count). The van der Waals surface area contributed by atoms with Gasteiger partial charge in [0.25, 0.3) is 0 Å². The van der Waals surface area contributed by atoms with Gasteiger partial charge in [-0.25, -0.2) is 0 Å². The summed E-state index contributed by atoms with van der Waals surface area (Å²) >= 11 is 5.82. The summed E-state index contributed by atoms with van der Waals surface area (Å²) < 4.78 is 17.2. The van der Waals surface area contributed by atoms with Gasteiger partial charge in [0, 0.05) is 15.7 Å². The minimum absolute atomic E-state index is 0.179. The van der Waals surface area contributed by atoms with E-state index in [0.29, 0.717) is 9.92 Å². The van der Waals surface area contributed by atoms with Gasteiger partial charge in [-0.2, -0.15) is 0 Å². The fourth-order valence-corrected chi connectivity index (χ4v) is 3.35. The molecule has 0 aliphatic rings. The van der Waals surface area contributed by atoms with Gasteiger partial charge < -0.3 is 4.74 Å². The fourth-order valence-electron chi connectivity index (χ4n) is 1.96. The van der Waals surface area contributed by atoms with E-state index >= 15 is 0 Å². The van der Waals surface area contributed by atoms with Gasteiger partial charge in [-0.3, -0.25) is 9.00 Å². The maximum atomic E-state index is 12.4. The van der Waals surface area contributed by atoms with Crippen LogP contribution in [-0.4, -0.2) is 23.0 Å². The van der Waals surface area contributed by atoms with Gasteiger partial charge in [-0.15, -0.1) is 0 Å². The Labute approximate surface area is 131 Å². The Bertz CT molecular complexity index is 626. The maximum Gasteiger partial charge on any atom is 0.314 e. The molecule has 2 unspecified atom stereocenters. The number of methoxy groups -OCH3 is 1. The summed E-state index contributed by atoms with van der Waals surface area (Å²) in [5.41, 5.74) is 0.798. The lowest BCUT2D eigenvalue weighted by atomic mass is 10.0. The molecule has 0 saturated carbocycles. The molecule has 0 saturated heterocycles. The Morgan fingerprint density at radius 3 is 2.33 bits per heavy atom. The van der Waals surface area contributed by atoms with E-state index in [1.165, 1.54) is 7.11 Å². The van der Waals surface area contributed by atoms with E-state index in [2.05, 4.69) is 0 Å². The van der Waals surface area contributed by atoms with Crippen LogP contribution in [0.2, 0.25) is 5.02 Å². The molecule has 0 heterocycles. The molecular formula is C16H15ClO3S. The molecule has 0 bridgehead atoms. The number of hydrogen-bond donors (Lipinski definition) is 0. The molecule has 2 atom stereocenters. The fraction of sp³-hybridized carbons (Fsp3) is 0.188. The smallest absolute Gasteiger partial charge is 0.314 e. The summed E-state index contributed by atoms with van der Waals surface area (Å²) in [5.74, 6) is -0.755. The third-order valence-corrected chi connectivity index (χ3v) is 4.77. The Kier molecular flexibility index (Phi) is 5.53. The SMILES string of the molecule is COC(=O)C(CS(=O)c1ccc(Cl)cc1)c1ccccc1. The van der Waals surface area contributed by atoms with Crippen molar-refractivity contribution in [2.45, 2.75) is 10.8 Å². The Morgan fingerprint density at radius 2 is 1.76 bits per heavy atom. The van der Waals surface area contributed by atoms with Crippen LogP contribution < -0.4 is 0 Å². The van der Waals surface area contributed by atoms with Crippen LogP contribution in [0.3, 0.4) is 0 Å². The van der Waals surface area contributed by atoms with E-state index in [1.54, 1.807) is 24.3 Å². The van der Waals surface area contributed by atoms with Crippen LogP contribution in [0.25, 0.3) is 0 Å². The topological polar surface area (TPSA) is 43.4 Å². The number of ether oxygens (including phenoxy) is 1. The number of carbonyl (C=O) groups excluding carboxylic acids is 1. The van der Waals surface area contributed by atoms with Crippen LogP contribution in [0.1, 0.15) is 11.5 Å². The summed E-state index contributed by atoms with van der Waals surface area (Å²) in [5, 5.41) is 0.586. The maximum absolute atomic E-state index is 12.4. The second-order valence-electron chi connectivity index (χ2n) is 4.45. The van der Waals surface area contributed by atoms with Crippen molar-refractivity contribution >= 4 is 28.4 Å². The van der Waals surface area contributed by atoms with Gasteiger partial charge in [0.2, 0.25) is 0 Å². The first-order valence-electron chi connectivity index (χ1n) is 6.38. The number of hydrogen-bond acceptors (Lipinski definition) is 3. The molecule has 0 aliphatic carbocycles. The molecule has 3 nitrogen and oxygen atoms in total. The summed E-state index contributed by atoms with van der Waals surface area (Å²) in [4.78, 5) is 12.6. The van der Waals surface area contributed by atoms with Crippen molar-refractivity contribution in [2.24, 2.45) is 0 Å². The average Bonchev–Trinajstić information content (AvgIpc) is 2.53. The van der Waals surface area contributed by atoms with Crippen LogP contribution in [0.15, 0.2) is 59.5 Å². The lowest BCUT2D eigenvalue weighted by molar-refractivity contribution is -0.141. The first kappa shape index (κ1) is 15.7. The minimum atomic E-state index is -1.30. The Balaban J connectivity index is 2.21. The van der Waals surface area contributed by atoms with Crippen molar-refractivity contribution < 1.29 is 13.7 Å². The Hall–Kier alpha value is -1.65. The molecule has 0 aliphatic heterocycles. The number of carbonyl (C=O) groups is 1. The molecule has 21 heavy (non-hydrogen) atoms. The first-order chi connectivity index (χ1) is 10.1. The minimum Gasteiger partial charge on any atom is -0.469 e. The van der Waals surface area contributed by atoms with Gasteiger partial charge in [0.15, 0.2) is 0 Å². The highest BCUT2D eigenvalue weighted by Crippen LogP contribution is 2.22. The zero-order valence-corrected chi connectivity index (χ0v) is 13.1. The molecule has 0 radical (unpaired) electrons. The lowest BCUT2D eigenvalue weighted by Crippen LogP contribution is -2.20. The molecule has 0 spiro atoms. The van der Waals surface area contributed by atoms with E-state index in [0.717, 1.165) is 5.56 Å². The zero-order valence-electron chi connectivity index (χ0n) is 11.5. The second-order valence-corrected chi connectivity index (χ2v) is 6.38. The van der Waals surface area contributed by atoms with E-state index in [1.807, 2.05) is 30.3 Å². The van der Waals surface area contributed by atoms with Crippen LogP contribution in [0.5, 0.6) is 0 Å². The molecule has 0 N–H and O–H groups in total. The number of esters is 1. The van der Waals surface area contributed by atoms with Gasteiger partial charge in [0.1, 0.15) is 0 Å². The monoisotopic (exact) mass is 322 g/mol. The number of benzene rings is 2. The molecule has 2 aromatic carbocycles. The highest BCUT2D eigenvalue weighted by atomic mass is 35.5. The van der Waals surface area contributed by atoms with E-state index in [9.17, 15) is 9.00 Å². The van der Waals surface area contributed by atoms with Gasteiger partial charge in [-0.1, -0.05) is 41.9 Å². The van der Waals surface area contributed by atoms with Gasteiger partial charge in [-0.05, 0) is 29.8 Å². The van der Waals surface area contributed by atoms with Crippen LogP contribution in [0, 0.1) is 0 Å². The molecule has 2 aromatic rings. The molecule has 0 aromatic heterocycles. The van der Waals surface area contributed by atoms with E-state index in [-0.39, 0.29) is 11.7 Å². The standard InChI is InChI=1S/C16H15ClO3S/c1-20-16(18)15(12-5-3-2-4-6-12)11-21(19)14-9-7-13(17)8-10-14/h2-10,15H,11H2,1H3. The summed E-state index contributed by atoms with van der Waals surface area (Å²) in [6.45, 7) is 0. The molecule has 0 fully saturated rings. The molecular weight excluding hydrogens is 308 g/mol.